The molecule has 1 heterocycles. The Balaban J connectivity index is 2.30. The molecule has 0 bridgehead atoms. The summed E-state index contributed by atoms with van der Waals surface area (Å²) >= 11 is 0. The Hall–Kier alpha value is -1.44. The van der Waals surface area contributed by atoms with Crippen LogP contribution in [0.1, 0.15) is 17.5 Å². The van der Waals surface area contributed by atoms with Gasteiger partial charge in [-0.3, -0.25) is 4.99 Å². The van der Waals surface area contributed by atoms with Crippen LogP contribution in [0.4, 0.5) is 0 Å². The molecule has 0 saturated heterocycles. The Bertz CT molecular complexity index is 347. The standard InChI is InChI=1S/C11H12N2/c1-9-3-5-10(6-4-9)11-12-7-2-8-13-11/h3-7H,2,8H2,1H3. The summed E-state index contributed by atoms with van der Waals surface area (Å²) in [5.41, 5.74) is 2.38. The minimum Gasteiger partial charge on any atom is -0.266 e. The minimum absolute atomic E-state index is 0.867. The highest BCUT2D eigenvalue weighted by Crippen LogP contribution is 2.07. The summed E-state index contributed by atoms with van der Waals surface area (Å²) in [4.78, 5) is 8.60. The normalized spacial score (nSPS) is 15.6. The van der Waals surface area contributed by atoms with Crippen LogP contribution in [0, 0.1) is 6.92 Å². The molecular formula is C11H12N2. The van der Waals surface area contributed by atoms with E-state index in [1.807, 2.05) is 6.21 Å². The van der Waals surface area contributed by atoms with Crippen LogP contribution in [0.3, 0.4) is 0 Å². The average molecular weight is 172 g/mol. The zero-order chi connectivity index (χ0) is 9.10. The molecule has 1 aliphatic heterocycles. The van der Waals surface area contributed by atoms with E-state index in [2.05, 4.69) is 41.2 Å². The molecule has 0 saturated carbocycles. The van der Waals surface area contributed by atoms with Crippen molar-refractivity contribution in [2.24, 2.45) is 9.98 Å². The van der Waals surface area contributed by atoms with Crippen molar-refractivity contribution < 1.29 is 0 Å². The Morgan fingerprint density at radius 3 is 2.54 bits per heavy atom. The second-order valence-electron chi connectivity index (χ2n) is 3.17. The molecule has 13 heavy (non-hydrogen) atoms. The molecule has 1 aromatic carbocycles. The van der Waals surface area contributed by atoms with Crippen LogP contribution in [0.5, 0.6) is 0 Å². The van der Waals surface area contributed by atoms with Crippen molar-refractivity contribution in [3.8, 4) is 0 Å². The second kappa shape index (κ2) is 3.52. The summed E-state index contributed by atoms with van der Waals surface area (Å²) in [5, 5.41) is 0. The van der Waals surface area contributed by atoms with Gasteiger partial charge in [-0.15, -0.1) is 0 Å². The zero-order valence-corrected chi connectivity index (χ0v) is 7.70. The van der Waals surface area contributed by atoms with Gasteiger partial charge in [0.25, 0.3) is 0 Å². The van der Waals surface area contributed by atoms with Crippen molar-refractivity contribution in [1.29, 1.82) is 0 Å². The third-order valence-electron chi connectivity index (χ3n) is 2.04. The molecule has 1 aliphatic rings. The van der Waals surface area contributed by atoms with Crippen LogP contribution < -0.4 is 0 Å². The third kappa shape index (κ3) is 1.83. The van der Waals surface area contributed by atoms with Gasteiger partial charge in [-0.05, 0) is 6.92 Å². The van der Waals surface area contributed by atoms with Gasteiger partial charge in [-0.25, -0.2) is 4.99 Å². The lowest BCUT2D eigenvalue weighted by Gasteiger charge is -2.05. The lowest BCUT2D eigenvalue weighted by molar-refractivity contribution is 1.03. The Morgan fingerprint density at radius 1 is 1.15 bits per heavy atom. The fourth-order valence-corrected chi connectivity index (χ4v) is 1.29. The van der Waals surface area contributed by atoms with Gasteiger partial charge < -0.3 is 0 Å². The lowest BCUT2D eigenvalue weighted by atomic mass is 10.1. The number of hydrogen-bond donors (Lipinski definition) is 0. The number of benzene rings is 1. The van der Waals surface area contributed by atoms with Crippen LogP contribution in [-0.2, 0) is 0 Å². The largest absolute Gasteiger partial charge is 0.266 e. The molecule has 0 N–H and O–H groups in total. The summed E-state index contributed by atoms with van der Waals surface area (Å²) in [6.07, 6.45) is 2.90. The number of nitrogens with zero attached hydrogens (tertiary/aromatic N) is 2. The molecule has 0 atom stereocenters. The molecule has 2 rings (SSSR count). The smallest absolute Gasteiger partial charge is 0.154 e. The van der Waals surface area contributed by atoms with E-state index in [4.69, 9.17) is 0 Å². The van der Waals surface area contributed by atoms with E-state index >= 15 is 0 Å². The predicted octanol–water partition coefficient (Wildman–Crippen LogP) is 2.22. The first kappa shape index (κ1) is 8.17. The summed E-state index contributed by atoms with van der Waals surface area (Å²) in [5.74, 6) is 0.867. The second-order valence-corrected chi connectivity index (χ2v) is 3.17. The highest BCUT2D eigenvalue weighted by atomic mass is 14.9. The third-order valence-corrected chi connectivity index (χ3v) is 2.04. The van der Waals surface area contributed by atoms with Crippen molar-refractivity contribution >= 4 is 12.1 Å². The van der Waals surface area contributed by atoms with E-state index in [0.717, 1.165) is 24.4 Å². The monoisotopic (exact) mass is 172 g/mol. The molecule has 0 amide bonds. The summed E-state index contributed by atoms with van der Waals surface area (Å²) < 4.78 is 0. The number of rotatable bonds is 1. The van der Waals surface area contributed by atoms with Crippen molar-refractivity contribution in [2.75, 3.05) is 6.54 Å². The van der Waals surface area contributed by atoms with Gasteiger partial charge >= 0.3 is 0 Å². The van der Waals surface area contributed by atoms with Crippen molar-refractivity contribution in [2.45, 2.75) is 13.3 Å². The molecular weight excluding hydrogens is 160 g/mol. The van der Waals surface area contributed by atoms with Crippen LogP contribution in [0.15, 0.2) is 34.3 Å². The van der Waals surface area contributed by atoms with Gasteiger partial charge in [-0.1, -0.05) is 29.8 Å². The highest BCUT2D eigenvalue weighted by molar-refractivity contribution is 6.03. The van der Waals surface area contributed by atoms with Crippen LogP contribution in [0.25, 0.3) is 0 Å². The Morgan fingerprint density at radius 2 is 1.92 bits per heavy atom. The minimum atomic E-state index is 0.867. The molecule has 1 aromatic rings. The van der Waals surface area contributed by atoms with E-state index < -0.39 is 0 Å². The number of aryl methyl sites for hydroxylation is 1. The van der Waals surface area contributed by atoms with Gasteiger partial charge in [-0.2, -0.15) is 0 Å². The molecule has 0 aromatic heterocycles. The average Bonchev–Trinajstić information content (AvgIpc) is 2.20. The molecule has 0 fully saturated rings. The molecule has 2 nitrogen and oxygen atoms in total. The molecule has 2 heteroatoms. The van der Waals surface area contributed by atoms with E-state index in [-0.39, 0.29) is 0 Å². The maximum atomic E-state index is 4.35. The van der Waals surface area contributed by atoms with Gasteiger partial charge in [0.15, 0.2) is 5.84 Å². The summed E-state index contributed by atoms with van der Waals surface area (Å²) in [7, 11) is 0. The molecule has 0 spiro atoms. The van der Waals surface area contributed by atoms with Gasteiger partial charge in [0, 0.05) is 24.7 Å². The van der Waals surface area contributed by atoms with E-state index in [0.29, 0.717) is 0 Å². The van der Waals surface area contributed by atoms with Crippen molar-refractivity contribution in [3.05, 3.63) is 35.4 Å². The van der Waals surface area contributed by atoms with Gasteiger partial charge in [0.1, 0.15) is 0 Å². The molecule has 0 radical (unpaired) electrons. The summed E-state index contributed by atoms with van der Waals surface area (Å²) in [6, 6.07) is 8.30. The van der Waals surface area contributed by atoms with E-state index in [1.54, 1.807) is 0 Å². The Kier molecular flexibility index (Phi) is 2.21. The SMILES string of the molecule is Cc1ccc(C2=NCCC=N2)cc1. The first-order valence-electron chi connectivity index (χ1n) is 4.50. The van der Waals surface area contributed by atoms with E-state index in [9.17, 15) is 0 Å². The number of amidine groups is 1. The highest BCUT2D eigenvalue weighted by Gasteiger charge is 2.02. The quantitative estimate of drug-likeness (QED) is 0.620. The van der Waals surface area contributed by atoms with Crippen molar-refractivity contribution in [3.63, 3.8) is 0 Å². The lowest BCUT2D eigenvalue weighted by Crippen LogP contribution is -2.04. The fraction of sp³-hybridized carbons (Fsp3) is 0.273. The maximum absolute atomic E-state index is 4.35. The van der Waals surface area contributed by atoms with Crippen LogP contribution in [-0.4, -0.2) is 18.6 Å². The predicted molar refractivity (Wildman–Crippen MR) is 55.7 cm³/mol. The first-order valence-corrected chi connectivity index (χ1v) is 4.50. The van der Waals surface area contributed by atoms with Crippen LogP contribution >= 0.6 is 0 Å². The van der Waals surface area contributed by atoms with Crippen LogP contribution in [0.2, 0.25) is 0 Å². The molecule has 66 valence electrons. The fourth-order valence-electron chi connectivity index (χ4n) is 1.29. The topological polar surface area (TPSA) is 24.7 Å². The van der Waals surface area contributed by atoms with E-state index in [1.165, 1.54) is 5.56 Å². The van der Waals surface area contributed by atoms with Gasteiger partial charge in [0.05, 0.1) is 0 Å². The maximum Gasteiger partial charge on any atom is 0.154 e. The van der Waals surface area contributed by atoms with Gasteiger partial charge in [0.2, 0.25) is 0 Å². The Labute approximate surface area is 78.0 Å². The summed E-state index contributed by atoms with van der Waals surface area (Å²) in [6.45, 7) is 2.95. The number of aliphatic imine (C=N–C) groups is 2. The van der Waals surface area contributed by atoms with Crippen molar-refractivity contribution in [1.82, 2.24) is 0 Å². The number of hydrogen-bond acceptors (Lipinski definition) is 2. The molecule has 0 aliphatic carbocycles. The molecule has 0 unspecified atom stereocenters. The first-order chi connectivity index (χ1) is 6.36. The zero-order valence-electron chi connectivity index (χ0n) is 7.70.